The number of urea groups is 1. The number of carbonyl (C=O) groups excluding carboxylic acids is 4. The van der Waals surface area contributed by atoms with Crippen molar-refractivity contribution in [2.75, 3.05) is 32.9 Å². The van der Waals surface area contributed by atoms with Gasteiger partial charge in [0.15, 0.2) is 6.61 Å². The van der Waals surface area contributed by atoms with E-state index in [1.54, 1.807) is 36.4 Å². The van der Waals surface area contributed by atoms with Crippen LogP contribution >= 0.6 is 0 Å². The van der Waals surface area contributed by atoms with E-state index in [1.165, 1.54) is 12.1 Å². The summed E-state index contributed by atoms with van der Waals surface area (Å²) in [5.41, 5.74) is 0.935. The van der Waals surface area contributed by atoms with Crippen LogP contribution in [0.25, 0.3) is 0 Å². The molecule has 10 nitrogen and oxygen atoms in total. The molecule has 0 atom stereocenters. The number of rotatable bonds is 11. The standard InChI is InChI=1S/C23H25N3O7/c1-2-31-18-7-9-19(10-8-18)32-12-11-24-20(27)15-33-22(29)17-5-3-16(4-6-17)14-26-21(28)13-25-23(26)30/h3-10H,2,11-15H2,1H3,(H,24,27)(H,25,30). The Kier molecular flexibility index (Phi) is 8.23. The average molecular weight is 455 g/mol. The minimum atomic E-state index is -0.655. The van der Waals surface area contributed by atoms with Crippen molar-refractivity contribution in [2.45, 2.75) is 13.5 Å². The zero-order valence-electron chi connectivity index (χ0n) is 18.2. The van der Waals surface area contributed by atoms with Gasteiger partial charge in [-0.3, -0.25) is 14.5 Å². The SMILES string of the molecule is CCOc1ccc(OCCNC(=O)COC(=O)c2ccc(CN3C(=O)CNC3=O)cc2)cc1. The maximum atomic E-state index is 12.1. The van der Waals surface area contributed by atoms with Gasteiger partial charge in [-0.05, 0) is 48.9 Å². The minimum absolute atomic E-state index is 0.0149. The summed E-state index contributed by atoms with van der Waals surface area (Å²) in [5.74, 6) is -0.00784. The van der Waals surface area contributed by atoms with Gasteiger partial charge >= 0.3 is 12.0 Å². The van der Waals surface area contributed by atoms with Crippen molar-refractivity contribution >= 4 is 23.8 Å². The van der Waals surface area contributed by atoms with Crippen LogP contribution in [0.1, 0.15) is 22.8 Å². The quantitative estimate of drug-likeness (QED) is 0.299. The number of ether oxygens (including phenoxy) is 3. The molecule has 1 heterocycles. The first-order valence-corrected chi connectivity index (χ1v) is 10.4. The molecule has 0 unspecified atom stereocenters. The minimum Gasteiger partial charge on any atom is -0.494 e. The number of benzene rings is 2. The first kappa shape index (κ1) is 23.6. The van der Waals surface area contributed by atoms with Crippen LogP contribution in [0.15, 0.2) is 48.5 Å². The number of amides is 4. The van der Waals surface area contributed by atoms with E-state index in [0.29, 0.717) is 17.9 Å². The summed E-state index contributed by atoms with van der Waals surface area (Å²) in [7, 11) is 0. The zero-order valence-corrected chi connectivity index (χ0v) is 18.2. The number of hydrogen-bond donors (Lipinski definition) is 2. The molecule has 1 aliphatic heterocycles. The lowest BCUT2D eigenvalue weighted by Gasteiger charge is -2.12. The lowest BCUT2D eigenvalue weighted by molar-refractivity contribution is -0.125. The second-order valence-electron chi connectivity index (χ2n) is 7.01. The van der Waals surface area contributed by atoms with Crippen molar-refractivity contribution < 1.29 is 33.4 Å². The summed E-state index contributed by atoms with van der Waals surface area (Å²) >= 11 is 0. The van der Waals surface area contributed by atoms with Gasteiger partial charge in [0.05, 0.1) is 31.8 Å². The molecule has 4 amide bonds. The topological polar surface area (TPSA) is 123 Å². The number of imide groups is 1. The Hall–Kier alpha value is -4.08. The second-order valence-corrected chi connectivity index (χ2v) is 7.01. The van der Waals surface area contributed by atoms with Gasteiger partial charge in [-0.1, -0.05) is 12.1 Å². The van der Waals surface area contributed by atoms with Crippen LogP contribution in [0.5, 0.6) is 11.5 Å². The molecule has 0 aliphatic carbocycles. The van der Waals surface area contributed by atoms with E-state index in [-0.39, 0.29) is 37.7 Å². The van der Waals surface area contributed by atoms with Crippen LogP contribution in [0.2, 0.25) is 0 Å². The van der Waals surface area contributed by atoms with Gasteiger partial charge in [0, 0.05) is 0 Å². The summed E-state index contributed by atoms with van der Waals surface area (Å²) in [6.07, 6.45) is 0. The molecule has 0 aromatic heterocycles. The maximum absolute atomic E-state index is 12.1. The molecule has 2 N–H and O–H groups in total. The molecule has 0 bridgehead atoms. The third-order valence-corrected chi connectivity index (χ3v) is 4.63. The number of nitrogens with zero attached hydrogens (tertiary/aromatic N) is 1. The molecule has 1 saturated heterocycles. The molecule has 1 fully saturated rings. The Morgan fingerprint density at radius 3 is 2.27 bits per heavy atom. The molecule has 10 heteroatoms. The highest BCUT2D eigenvalue weighted by Crippen LogP contribution is 2.17. The fraction of sp³-hybridized carbons (Fsp3) is 0.304. The van der Waals surface area contributed by atoms with Crippen molar-refractivity contribution in [1.29, 1.82) is 0 Å². The van der Waals surface area contributed by atoms with Crippen LogP contribution in [0.4, 0.5) is 4.79 Å². The van der Waals surface area contributed by atoms with Gasteiger partial charge in [-0.15, -0.1) is 0 Å². The van der Waals surface area contributed by atoms with Gasteiger partial charge < -0.3 is 24.8 Å². The van der Waals surface area contributed by atoms with Crippen molar-refractivity contribution in [2.24, 2.45) is 0 Å². The summed E-state index contributed by atoms with van der Waals surface area (Å²) in [6, 6.07) is 13.0. The maximum Gasteiger partial charge on any atom is 0.338 e. The number of esters is 1. The molecule has 3 rings (SSSR count). The van der Waals surface area contributed by atoms with Gasteiger partial charge in [0.25, 0.3) is 5.91 Å². The highest BCUT2D eigenvalue weighted by atomic mass is 16.5. The van der Waals surface area contributed by atoms with Crippen molar-refractivity contribution in [3.8, 4) is 11.5 Å². The highest BCUT2D eigenvalue weighted by molar-refractivity contribution is 6.01. The van der Waals surface area contributed by atoms with Crippen molar-refractivity contribution in [3.63, 3.8) is 0 Å². The van der Waals surface area contributed by atoms with E-state index in [0.717, 1.165) is 10.6 Å². The monoisotopic (exact) mass is 455 g/mol. The molecule has 1 aliphatic rings. The fourth-order valence-corrected chi connectivity index (χ4v) is 2.97. The Labute approximate surface area is 190 Å². The lowest BCUT2D eigenvalue weighted by atomic mass is 10.1. The van der Waals surface area contributed by atoms with E-state index < -0.39 is 24.5 Å². The molecule has 2 aromatic rings. The summed E-state index contributed by atoms with van der Waals surface area (Å²) in [6.45, 7) is 2.67. The largest absolute Gasteiger partial charge is 0.494 e. The lowest BCUT2D eigenvalue weighted by Crippen LogP contribution is -2.32. The molecule has 0 spiro atoms. The Morgan fingerprint density at radius 1 is 1.00 bits per heavy atom. The molecule has 2 aromatic carbocycles. The Bertz CT molecular complexity index is 974. The predicted octanol–water partition coefficient (Wildman–Crippen LogP) is 1.49. The summed E-state index contributed by atoms with van der Waals surface area (Å²) < 4.78 is 15.9. The van der Waals surface area contributed by atoms with E-state index in [9.17, 15) is 19.2 Å². The van der Waals surface area contributed by atoms with E-state index in [2.05, 4.69) is 10.6 Å². The van der Waals surface area contributed by atoms with Crippen LogP contribution in [-0.2, 0) is 20.9 Å². The first-order chi connectivity index (χ1) is 16.0. The van der Waals surface area contributed by atoms with E-state index in [4.69, 9.17) is 14.2 Å². The number of nitrogens with one attached hydrogen (secondary N) is 2. The Morgan fingerprint density at radius 2 is 1.67 bits per heavy atom. The van der Waals surface area contributed by atoms with E-state index in [1.807, 2.05) is 6.92 Å². The van der Waals surface area contributed by atoms with Crippen molar-refractivity contribution in [3.05, 3.63) is 59.7 Å². The molecular weight excluding hydrogens is 430 g/mol. The normalized spacial score (nSPS) is 12.8. The number of carbonyl (C=O) groups is 4. The molecular formula is C23H25N3O7. The first-order valence-electron chi connectivity index (χ1n) is 10.4. The summed E-state index contributed by atoms with van der Waals surface area (Å²) in [5, 5.41) is 5.05. The molecule has 0 saturated carbocycles. The van der Waals surface area contributed by atoms with E-state index >= 15 is 0 Å². The third-order valence-electron chi connectivity index (χ3n) is 4.63. The van der Waals surface area contributed by atoms with Crippen LogP contribution in [-0.4, -0.2) is 61.6 Å². The van der Waals surface area contributed by atoms with Crippen molar-refractivity contribution in [1.82, 2.24) is 15.5 Å². The summed E-state index contributed by atoms with van der Waals surface area (Å²) in [4.78, 5) is 48.3. The Balaban J connectivity index is 1.34. The van der Waals surface area contributed by atoms with Crippen LogP contribution < -0.4 is 20.1 Å². The zero-order chi connectivity index (χ0) is 23.6. The third kappa shape index (κ3) is 6.96. The second kappa shape index (κ2) is 11.5. The van der Waals surface area contributed by atoms with Gasteiger partial charge in [-0.2, -0.15) is 0 Å². The molecule has 0 radical (unpaired) electrons. The smallest absolute Gasteiger partial charge is 0.338 e. The van der Waals surface area contributed by atoms with Gasteiger partial charge in [0.2, 0.25) is 5.91 Å². The highest BCUT2D eigenvalue weighted by Gasteiger charge is 2.28. The molecule has 33 heavy (non-hydrogen) atoms. The average Bonchev–Trinajstić information content (AvgIpc) is 3.14. The van der Waals surface area contributed by atoms with Crippen LogP contribution in [0, 0.1) is 0 Å². The fourth-order valence-electron chi connectivity index (χ4n) is 2.97. The molecule has 174 valence electrons. The van der Waals surface area contributed by atoms with Gasteiger partial charge in [0.1, 0.15) is 18.1 Å². The van der Waals surface area contributed by atoms with Gasteiger partial charge in [-0.25, -0.2) is 9.59 Å². The predicted molar refractivity (Wildman–Crippen MR) is 117 cm³/mol. The number of hydrogen-bond acceptors (Lipinski definition) is 7. The van der Waals surface area contributed by atoms with Crippen LogP contribution in [0.3, 0.4) is 0 Å².